The molecule has 9 nitrogen and oxygen atoms in total. The predicted octanol–water partition coefficient (Wildman–Crippen LogP) is 4.85. The maximum Gasteiger partial charge on any atom is 0.410 e. The Kier molecular flexibility index (Phi) is 6.77. The SMILES string of the molecule is CCOC(=O)c1cnc2nc(OC)ccc2c1Nc1ccc2c(c1)CCN(C(=O)OC(C)(C)C)C2. The molecule has 1 aliphatic heterocycles. The van der Waals surface area contributed by atoms with Crippen molar-refractivity contribution in [1.29, 1.82) is 0 Å². The Morgan fingerprint density at radius 1 is 1.14 bits per heavy atom. The van der Waals surface area contributed by atoms with Crippen LogP contribution in [0.4, 0.5) is 16.2 Å². The van der Waals surface area contributed by atoms with Crippen molar-refractivity contribution >= 4 is 34.5 Å². The zero-order valence-corrected chi connectivity index (χ0v) is 20.7. The van der Waals surface area contributed by atoms with Crippen LogP contribution in [0.3, 0.4) is 0 Å². The molecule has 9 heteroatoms. The van der Waals surface area contributed by atoms with E-state index in [1.54, 1.807) is 17.9 Å². The summed E-state index contributed by atoms with van der Waals surface area (Å²) in [6, 6.07) is 9.50. The highest BCUT2D eigenvalue weighted by Crippen LogP contribution is 2.32. The predicted molar refractivity (Wildman–Crippen MR) is 132 cm³/mol. The van der Waals surface area contributed by atoms with Crippen LogP contribution in [0.1, 0.15) is 49.2 Å². The van der Waals surface area contributed by atoms with Gasteiger partial charge in [0.1, 0.15) is 11.2 Å². The minimum atomic E-state index is -0.534. The second-order valence-electron chi connectivity index (χ2n) is 9.25. The molecular formula is C26H30N4O5. The number of nitrogens with zero attached hydrogens (tertiary/aromatic N) is 3. The van der Waals surface area contributed by atoms with Gasteiger partial charge >= 0.3 is 12.1 Å². The fourth-order valence-electron chi connectivity index (χ4n) is 3.93. The van der Waals surface area contributed by atoms with E-state index in [4.69, 9.17) is 14.2 Å². The Bertz CT molecular complexity index is 1270. The number of methoxy groups -OCH3 is 1. The van der Waals surface area contributed by atoms with Crippen molar-refractivity contribution in [3.8, 4) is 5.88 Å². The summed E-state index contributed by atoms with van der Waals surface area (Å²) in [5.41, 5.74) is 3.80. The number of fused-ring (bicyclic) bond motifs is 2. The van der Waals surface area contributed by atoms with Gasteiger partial charge in [-0.05, 0) is 63.4 Å². The van der Waals surface area contributed by atoms with Gasteiger partial charge in [-0.3, -0.25) is 0 Å². The highest BCUT2D eigenvalue weighted by molar-refractivity contribution is 6.05. The van der Waals surface area contributed by atoms with Crippen molar-refractivity contribution < 1.29 is 23.8 Å². The molecule has 1 N–H and O–H groups in total. The normalized spacial score (nSPS) is 13.2. The molecule has 0 fully saturated rings. The number of hydrogen-bond donors (Lipinski definition) is 1. The molecule has 0 aliphatic carbocycles. The molecule has 0 bridgehead atoms. The Morgan fingerprint density at radius 3 is 2.66 bits per heavy atom. The highest BCUT2D eigenvalue weighted by atomic mass is 16.6. The van der Waals surface area contributed by atoms with Gasteiger partial charge in [-0.1, -0.05) is 6.07 Å². The van der Waals surface area contributed by atoms with Crippen LogP contribution < -0.4 is 10.1 Å². The lowest BCUT2D eigenvalue weighted by Crippen LogP contribution is -2.39. The third kappa shape index (κ3) is 5.45. The maximum atomic E-state index is 12.7. The smallest absolute Gasteiger partial charge is 0.410 e. The molecule has 2 aromatic heterocycles. The third-order valence-electron chi connectivity index (χ3n) is 5.55. The quantitative estimate of drug-likeness (QED) is 0.519. The fraction of sp³-hybridized carbons (Fsp3) is 0.385. The van der Waals surface area contributed by atoms with Crippen LogP contribution in [-0.2, 0) is 22.4 Å². The van der Waals surface area contributed by atoms with E-state index in [-0.39, 0.29) is 12.7 Å². The van der Waals surface area contributed by atoms with Crippen molar-refractivity contribution in [1.82, 2.24) is 14.9 Å². The number of pyridine rings is 2. The molecule has 0 spiro atoms. The summed E-state index contributed by atoms with van der Waals surface area (Å²) in [6.45, 7) is 8.65. The van der Waals surface area contributed by atoms with E-state index in [9.17, 15) is 9.59 Å². The lowest BCUT2D eigenvalue weighted by Gasteiger charge is -2.31. The fourth-order valence-corrected chi connectivity index (χ4v) is 3.93. The molecule has 0 radical (unpaired) electrons. The molecular weight excluding hydrogens is 448 g/mol. The number of rotatable bonds is 5. The standard InChI is InChI=1S/C26H30N4O5/c1-6-34-24(31)20-14-27-23-19(9-10-21(29-23)33-5)22(20)28-18-8-7-17-15-30(12-11-16(17)13-18)25(32)35-26(2,3)4/h7-10,13-14H,6,11-12,15H2,1-5H3,(H,27,28,29). The molecule has 4 rings (SSSR count). The highest BCUT2D eigenvalue weighted by Gasteiger charge is 2.26. The third-order valence-corrected chi connectivity index (χ3v) is 5.55. The molecule has 0 atom stereocenters. The van der Waals surface area contributed by atoms with Gasteiger partial charge in [0.2, 0.25) is 5.88 Å². The van der Waals surface area contributed by atoms with E-state index < -0.39 is 11.6 Å². The number of hydrogen-bond acceptors (Lipinski definition) is 8. The Hall–Kier alpha value is -3.88. The van der Waals surface area contributed by atoms with Crippen LogP contribution >= 0.6 is 0 Å². The number of nitrogens with one attached hydrogen (secondary N) is 1. The van der Waals surface area contributed by atoms with Gasteiger partial charge in [0.05, 0.1) is 19.4 Å². The zero-order valence-electron chi connectivity index (χ0n) is 20.7. The summed E-state index contributed by atoms with van der Waals surface area (Å²) in [7, 11) is 1.54. The van der Waals surface area contributed by atoms with Gasteiger partial charge in [-0.15, -0.1) is 0 Å². The Labute approximate surface area is 204 Å². The summed E-state index contributed by atoms with van der Waals surface area (Å²) >= 11 is 0. The van der Waals surface area contributed by atoms with Crippen LogP contribution in [0, 0.1) is 0 Å². The summed E-state index contributed by atoms with van der Waals surface area (Å²) < 4.78 is 16.0. The van der Waals surface area contributed by atoms with E-state index in [2.05, 4.69) is 15.3 Å². The lowest BCUT2D eigenvalue weighted by molar-refractivity contribution is 0.0223. The molecule has 0 saturated carbocycles. The van der Waals surface area contributed by atoms with Crippen LogP contribution in [0.15, 0.2) is 36.5 Å². The van der Waals surface area contributed by atoms with Gasteiger partial charge in [-0.2, -0.15) is 4.98 Å². The van der Waals surface area contributed by atoms with E-state index in [1.807, 2.05) is 45.0 Å². The number of carbonyl (C=O) groups is 2. The minimum absolute atomic E-state index is 0.254. The molecule has 1 aliphatic rings. The van der Waals surface area contributed by atoms with E-state index in [0.717, 1.165) is 16.8 Å². The van der Waals surface area contributed by atoms with Crippen LogP contribution in [-0.4, -0.2) is 52.8 Å². The van der Waals surface area contributed by atoms with Crippen molar-refractivity contribution in [2.75, 3.05) is 25.6 Å². The summed E-state index contributed by atoms with van der Waals surface area (Å²) in [6.07, 6.45) is 1.85. The van der Waals surface area contributed by atoms with Crippen molar-refractivity contribution in [3.05, 3.63) is 53.2 Å². The van der Waals surface area contributed by atoms with Crippen molar-refractivity contribution in [3.63, 3.8) is 0 Å². The Balaban J connectivity index is 1.64. The second-order valence-corrected chi connectivity index (χ2v) is 9.25. The largest absolute Gasteiger partial charge is 0.481 e. The van der Waals surface area contributed by atoms with E-state index in [0.29, 0.717) is 47.7 Å². The number of carbonyl (C=O) groups excluding carboxylic acids is 2. The van der Waals surface area contributed by atoms with Crippen molar-refractivity contribution in [2.24, 2.45) is 0 Å². The average molecular weight is 479 g/mol. The topological polar surface area (TPSA) is 103 Å². The van der Waals surface area contributed by atoms with E-state index in [1.165, 1.54) is 13.3 Å². The monoisotopic (exact) mass is 478 g/mol. The molecule has 1 aromatic carbocycles. The first-order chi connectivity index (χ1) is 16.7. The Morgan fingerprint density at radius 2 is 1.94 bits per heavy atom. The molecule has 3 heterocycles. The van der Waals surface area contributed by atoms with Crippen LogP contribution in [0.5, 0.6) is 5.88 Å². The molecule has 184 valence electrons. The number of anilines is 2. The number of amides is 1. The van der Waals surface area contributed by atoms with Crippen LogP contribution in [0.25, 0.3) is 11.0 Å². The van der Waals surface area contributed by atoms with Gasteiger partial charge < -0.3 is 24.4 Å². The van der Waals surface area contributed by atoms with Gasteiger partial charge in [0.25, 0.3) is 0 Å². The number of ether oxygens (including phenoxy) is 3. The molecule has 35 heavy (non-hydrogen) atoms. The zero-order chi connectivity index (χ0) is 25.2. The van der Waals surface area contributed by atoms with Crippen molar-refractivity contribution in [2.45, 2.75) is 46.3 Å². The van der Waals surface area contributed by atoms with Gasteiger partial charge in [-0.25, -0.2) is 14.6 Å². The number of benzene rings is 1. The lowest BCUT2D eigenvalue weighted by atomic mass is 9.99. The molecule has 1 amide bonds. The maximum absolute atomic E-state index is 12.7. The summed E-state index contributed by atoms with van der Waals surface area (Å²) in [5.74, 6) is -0.0330. The number of aromatic nitrogens is 2. The van der Waals surface area contributed by atoms with Gasteiger partial charge in [0.15, 0.2) is 5.65 Å². The summed E-state index contributed by atoms with van der Waals surface area (Å²) in [5, 5.41) is 4.05. The average Bonchev–Trinajstić information content (AvgIpc) is 2.82. The first-order valence-corrected chi connectivity index (χ1v) is 11.6. The second kappa shape index (κ2) is 9.77. The minimum Gasteiger partial charge on any atom is -0.481 e. The molecule has 0 unspecified atom stereocenters. The van der Waals surface area contributed by atoms with E-state index >= 15 is 0 Å². The van der Waals surface area contributed by atoms with Gasteiger partial charge in [0, 0.05) is 36.4 Å². The number of esters is 1. The molecule has 3 aromatic rings. The summed E-state index contributed by atoms with van der Waals surface area (Å²) in [4.78, 5) is 35.6. The van der Waals surface area contributed by atoms with Crippen LogP contribution in [0.2, 0.25) is 0 Å². The first-order valence-electron chi connectivity index (χ1n) is 11.6. The molecule has 0 saturated heterocycles. The first kappa shape index (κ1) is 24.3.